The van der Waals surface area contributed by atoms with Crippen LogP contribution in [-0.4, -0.2) is 23.6 Å². The van der Waals surface area contributed by atoms with Crippen molar-refractivity contribution in [1.82, 2.24) is 15.3 Å². The molecule has 5 heteroatoms. The number of methoxy groups -OCH3 is 1. The van der Waals surface area contributed by atoms with Crippen molar-refractivity contribution in [3.05, 3.63) is 40.0 Å². The largest absolute Gasteiger partial charge is 0.481 e. The van der Waals surface area contributed by atoms with Gasteiger partial charge < -0.3 is 10.1 Å². The zero-order chi connectivity index (χ0) is 13.7. The van der Waals surface area contributed by atoms with E-state index in [2.05, 4.69) is 33.7 Å². The highest BCUT2D eigenvalue weighted by molar-refractivity contribution is 7.09. The molecule has 1 atom stereocenters. The molecule has 0 aliphatic carbocycles. The minimum Gasteiger partial charge on any atom is -0.481 e. The zero-order valence-corrected chi connectivity index (χ0v) is 12.3. The van der Waals surface area contributed by atoms with Gasteiger partial charge >= 0.3 is 0 Å². The van der Waals surface area contributed by atoms with Crippen LogP contribution < -0.4 is 10.1 Å². The van der Waals surface area contributed by atoms with Crippen LogP contribution in [0.25, 0.3) is 0 Å². The molecular weight excluding hydrogens is 258 g/mol. The van der Waals surface area contributed by atoms with Gasteiger partial charge in [0.2, 0.25) is 5.88 Å². The number of aryl methyl sites for hydroxylation is 1. The van der Waals surface area contributed by atoms with Crippen LogP contribution in [0.3, 0.4) is 0 Å². The molecule has 2 rings (SSSR count). The van der Waals surface area contributed by atoms with E-state index in [1.807, 2.05) is 13.0 Å². The van der Waals surface area contributed by atoms with Gasteiger partial charge in [-0.3, -0.25) is 0 Å². The molecule has 0 spiro atoms. The molecule has 0 aromatic carbocycles. The van der Waals surface area contributed by atoms with E-state index in [0.717, 1.165) is 29.2 Å². The number of likely N-dealkylation sites (N-methyl/N-ethyl adjacent to an activating group) is 1. The summed E-state index contributed by atoms with van der Waals surface area (Å²) >= 11 is 1.68. The minimum atomic E-state index is 0.176. The van der Waals surface area contributed by atoms with E-state index in [1.54, 1.807) is 24.6 Å². The van der Waals surface area contributed by atoms with E-state index in [4.69, 9.17) is 4.74 Å². The third-order valence-corrected chi connectivity index (χ3v) is 3.72. The number of hydrogen-bond donors (Lipinski definition) is 1. The third-order valence-electron chi connectivity index (χ3n) is 2.90. The van der Waals surface area contributed by atoms with Crippen LogP contribution in [0.15, 0.2) is 23.7 Å². The minimum absolute atomic E-state index is 0.176. The number of hydrogen-bond acceptors (Lipinski definition) is 5. The smallest absolute Gasteiger partial charge is 0.217 e. The molecule has 2 aromatic heterocycles. The molecule has 0 amide bonds. The van der Waals surface area contributed by atoms with Crippen LogP contribution in [0.4, 0.5) is 0 Å². The third kappa shape index (κ3) is 3.52. The highest BCUT2D eigenvalue weighted by atomic mass is 32.1. The zero-order valence-electron chi connectivity index (χ0n) is 11.5. The Morgan fingerprint density at radius 3 is 2.95 bits per heavy atom. The maximum Gasteiger partial charge on any atom is 0.217 e. The van der Waals surface area contributed by atoms with Gasteiger partial charge in [0.25, 0.3) is 0 Å². The summed E-state index contributed by atoms with van der Waals surface area (Å²) in [6.45, 7) is 5.02. The van der Waals surface area contributed by atoms with Gasteiger partial charge in [-0.15, -0.1) is 11.3 Å². The molecule has 0 aliphatic rings. The molecule has 1 N–H and O–H groups in total. The van der Waals surface area contributed by atoms with E-state index in [9.17, 15) is 0 Å². The number of rotatable bonds is 6. The summed E-state index contributed by atoms with van der Waals surface area (Å²) < 4.78 is 5.35. The van der Waals surface area contributed by atoms with Crippen molar-refractivity contribution in [2.45, 2.75) is 26.3 Å². The molecule has 0 radical (unpaired) electrons. The first-order valence-corrected chi connectivity index (χ1v) is 7.25. The van der Waals surface area contributed by atoms with Gasteiger partial charge in [0.15, 0.2) is 0 Å². The SMILES string of the molecule is CCNC(Cc1csc(C)n1)c1cccnc1OC. The normalized spacial score (nSPS) is 12.4. The molecule has 4 nitrogen and oxygen atoms in total. The van der Waals surface area contributed by atoms with Gasteiger partial charge in [-0.05, 0) is 19.5 Å². The molecular formula is C14H19N3OS. The van der Waals surface area contributed by atoms with Crippen molar-refractivity contribution in [2.75, 3.05) is 13.7 Å². The second-order valence-corrected chi connectivity index (χ2v) is 5.34. The van der Waals surface area contributed by atoms with Gasteiger partial charge in [-0.1, -0.05) is 13.0 Å². The number of thiazole rings is 1. The number of pyridine rings is 1. The number of nitrogens with one attached hydrogen (secondary N) is 1. The highest BCUT2D eigenvalue weighted by Gasteiger charge is 2.17. The van der Waals surface area contributed by atoms with Crippen molar-refractivity contribution in [3.8, 4) is 5.88 Å². The monoisotopic (exact) mass is 277 g/mol. The quantitative estimate of drug-likeness (QED) is 0.882. The summed E-state index contributed by atoms with van der Waals surface area (Å²) in [6, 6.07) is 4.17. The summed E-state index contributed by atoms with van der Waals surface area (Å²) in [5.74, 6) is 0.681. The fourth-order valence-electron chi connectivity index (χ4n) is 2.09. The lowest BCUT2D eigenvalue weighted by Gasteiger charge is -2.19. The van der Waals surface area contributed by atoms with Crippen molar-refractivity contribution in [1.29, 1.82) is 0 Å². The van der Waals surface area contributed by atoms with Gasteiger partial charge in [0, 0.05) is 29.6 Å². The van der Waals surface area contributed by atoms with Crippen LogP contribution in [0, 0.1) is 6.92 Å². The second-order valence-electron chi connectivity index (χ2n) is 4.27. The maximum absolute atomic E-state index is 5.35. The van der Waals surface area contributed by atoms with E-state index in [-0.39, 0.29) is 6.04 Å². The lowest BCUT2D eigenvalue weighted by molar-refractivity contribution is 0.382. The summed E-state index contributed by atoms with van der Waals surface area (Å²) in [5, 5.41) is 6.69. The van der Waals surface area contributed by atoms with Crippen molar-refractivity contribution in [2.24, 2.45) is 0 Å². The van der Waals surface area contributed by atoms with Crippen LogP contribution in [0.5, 0.6) is 5.88 Å². The molecule has 0 saturated carbocycles. The molecule has 102 valence electrons. The predicted molar refractivity (Wildman–Crippen MR) is 77.8 cm³/mol. The molecule has 0 aliphatic heterocycles. The van der Waals surface area contributed by atoms with Crippen molar-refractivity contribution < 1.29 is 4.74 Å². The molecule has 1 unspecified atom stereocenters. The van der Waals surface area contributed by atoms with E-state index in [1.165, 1.54) is 0 Å². The Kier molecular flexibility index (Phi) is 4.87. The Morgan fingerprint density at radius 2 is 2.32 bits per heavy atom. The van der Waals surface area contributed by atoms with E-state index in [0.29, 0.717) is 5.88 Å². The Hall–Kier alpha value is -1.46. The standard InChI is InChI=1S/C14H19N3OS/c1-4-15-13(8-11-9-19-10(2)17-11)12-6-5-7-16-14(12)18-3/h5-7,9,13,15H,4,8H2,1-3H3. The van der Waals surface area contributed by atoms with Crippen LogP contribution in [0.1, 0.15) is 29.2 Å². The molecule has 0 saturated heterocycles. The lowest BCUT2D eigenvalue weighted by Crippen LogP contribution is -2.23. The average Bonchev–Trinajstić information content (AvgIpc) is 2.84. The summed E-state index contributed by atoms with van der Waals surface area (Å²) in [6.07, 6.45) is 2.60. The first-order valence-electron chi connectivity index (χ1n) is 6.38. The number of aromatic nitrogens is 2. The molecule has 0 fully saturated rings. The fraction of sp³-hybridized carbons (Fsp3) is 0.429. The van der Waals surface area contributed by atoms with E-state index >= 15 is 0 Å². The Morgan fingerprint density at radius 1 is 1.47 bits per heavy atom. The molecule has 0 bridgehead atoms. The fourth-order valence-corrected chi connectivity index (χ4v) is 2.71. The first-order chi connectivity index (χ1) is 9.24. The summed E-state index contributed by atoms with van der Waals surface area (Å²) in [4.78, 5) is 8.80. The Balaban J connectivity index is 2.23. The topological polar surface area (TPSA) is 47.0 Å². The van der Waals surface area contributed by atoms with E-state index < -0.39 is 0 Å². The maximum atomic E-state index is 5.35. The van der Waals surface area contributed by atoms with Crippen molar-refractivity contribution >= 4 is 11.3 Å². The van der Waals surface area contributed by atoms with Crippen molar-refractivity contribution in [3.63, 3.8) is 0 Å². The second kappa shape index (κ2) is 6.63. The van der Waals surface area contributed by atoms with Crippen LogP contribution in [0.2, 0.25) is 0 Å². The van der Waals surface area contributed by atoms with Gasteiger partial charge in [0.1, 0.15) is 0 Å². The summed E-state index contributed by atoms with van der Waals surface area (Å²) in [5.41, 5.74) is 2.19. The Labute approximate surface area is 117 Å². The van der Waals surface area contributed by atoms with Crippen LogP contribution >= 0.6 is 11.3 Å². The number of nitrogens with zero attached hydrogens (tertiary/aromatic N) is 2. The molecule has 2 aromatic rings. The van der Waals surface area contributed by atoms with Crippen LogP contribution in [-0.2, 0) is 6.42 Å². The molecule has 2 heterocycles. The predicted octanol–water partition coefficient (Wildman–Crippen LogP) is 2.75. The lowest BCUT2D eigenvalue weighted by atomic mass is 10.0. The molecule has 19 heavy (non-hydrogen) atoms. The van der Waals surface area contributed by atoms with Gasteiger partial charge in [0.05, 0.1) is 17.8 Å². The average molecular weight is 277 g/mol. The van der Waals surface area contributed by atoms with Gasteiger partial charge in [-0.25, -0.2) is 9.97 Å². The first kappa shape index (κ1) is 14.0. The highest BCUT2D eigenvalue weighted by Crippen LogP contribution is 2.25. The Bertz CT molecular complexity index is 527. The number of ether oxygens (including phenoxy) is 1. The van der Waals surface area contributed by atoms with Gasteiger partial charge in [-0.2, -0.15) is 0 Å². The summed E-state index contributed by atoms with van der Waals surface area (Å²) in [7, 11) is 1.65.